The number of carbonyl (C=O) groups is 5. The van der Waals surface area contributed by atoms with Gasteiger partial charge in [-0.25, -0.2) is 0 Å². The molecule has 1 unspecified atom stereocenters. The third kappa shape index (κ3) is 25.2. The zero-order chi connectivity index (χ0) is 91.4. The molecule has 2 atom stereocenters. The van der Waals surface area contributed by atoms with Gasteiger partial charge in [-0.2, -0.15) is 0 Å². The van der Waals surface area contributed by atoms with E-state index < -0.39 is 5.91 Å². The second-order valence-corrected chi connectivity index (χ2v) is 31.0. The Balaban J connectivity index is 0.000000132. The van der Waals surface area contributed by atoms with E-state index in [4.69, 9.17) is 21.1 Å². The Morgan fingerprint density at radius 1 is 0.336 bits per heavy atom. The number of ether oxygens (including phenoxy) is 2. The van der Waals surface area contributed by atoms with Gasteiger partial charge in [-0.15, -0.1) is 0 Å². The lowest BCUT2D eigenvalue weighted by Gasteiger charge is -2.22. The van der Waals surface area contributed by atoms with Crippen molar-refractivity contribution >= 4 is 69.6 Å². The standard InChI is InChI=1S/C23H17N3O3.C23H23N3O2.C20H19N3O3.C20H17N3O2.C17H12ClN3O2/c27-22(17-6-8-20(9-7-17)29-19-4-2-1-3-5-19)26-21-14-18(15-25-23(21)28)16-10-12-24-13-11-16;27-22(19-8-6-17(7-9-19)16-4-2-1-3-5-16)26-21-14-20(15-25-23(21)28)18-10-12-24-13-11-18;1-13(2)26-17-5-3-15(4-6-17)19(24)23-18-11-16(12-22-20(18)25)14-7-9-21-10-8-14;24-19(17-11-16(17)14-4-2-1-3-5-14)23-18-10-15(12-22-20(18)25)13-6-8-21-9-7-13;18-14-4-2-1-3-13(14)16(22)21-15-9-12(10-20-17(15)23)11-5-7-19-8-6-11/h1-15H,(H,25,28)(H,26,27);6-16H,1-5H2,(H,25,28)(H,26,27);3-13H,1-2H3,(H,22,25)(H,23,24);1-10,12,16-17H,11H2,(H,22,25)(H,23,24);1-10H,(H,20,23)(H,21,22)/t;;;16-,17?;/m...0./s1. The van der Waals surface area contributed by atoms with Crippen LogP contribution in [-0.4, -0.2) is 85.5 Å². The van der Waals surface area contributed by atoms with E-state index in [2.05, 4.69) is 76.4 Å². The second kappa shape index (κ2) is 44.3. The molecule has 10 N–H and O–H groups in total. The van der Waals surface area contributed by atoms with Gasteiger partial charge < -0.3 is 61.0 Å². The summed E-state index contributed by atoms with van der Waals surface area (Å²) in [6, 6.07) is 73.9. The van der Waals surface area contributed by atoms with Crippen molar-refractivity contribution in [2.45, 2.75) is 70.3 Å². The molecule has 654 valence electrons. The summed E-state index contributed by atoms with van der Waals surface area (Å²) in [4.78, 5) is 156. The zero-order valence-electron chi connectivity index (χ0n) is 70.9. The van der Waals surface area contributed by atoms with E-state index in [0.717, 1.165) is 62.1 Å². The van der Waals surface area contributed by atoms with E-state index in [-0.39, 0.29) is 97.8 Å². The van der Waals surface area contributed by atoms with Crippen LogP contribution in [0.4, 0.5) is 28.4 Å². The first kappa shape index (κ1) is 90.3. The van der Waals surface area contributed by atoms with Crippen LogP contribution in [0.5, 0.6) is 17.2 Å². The van der Waals surface area contributed by atoms with Crippen molar-refractivity contribution < 1.29 is 33.4 Å². The molecule has 6 aromatic carbocycles. The SMILES string of the molecule is CC(C)Oc1ccc(C(=O)Nc2cc(-c3ccncc3)c[nH]c2=O)cc1.O=C(Nc1cc(-c2ccncc2)c[nH]c1=O)C1C[C@H]1c1ccccc1.O=C(Nc1cc(-c2ccncc2)c[nH]c1=O)c1ccc(C2CCCCC2)cc1.O=C(Nc1cc(-c2ccncc2)c[nH]c1=O)c1ccc(Oc2ccccc2)cc1.O=C(Nc1cc(-c2ccncc2)c[nH]c1=O)c1ccccc1Cl. The predicted molar refractivity (Wildman–Crippen MR) is 508 cm³/mol. The molecular weight excluding hydrogens is 1670 g/mol. The Labute approximate surface area is 756 Å². The summed E-state index contributed by atoms with van der Waals surface area (Å²) in [5, 5.41) is 13.8. The molecule has 18 rings (SSSR count). The lowest BCUT2D eigenvalue weighted by atomic mass is 9.84. The van der Waals surface area contributed by atoms with Crippen LogP contribution in [0.2, 0.25) is 5.02 Å². The summed E-state index contributed by atoms with van der Waals surface area (Å²) in [6.07, 6.45) is 32.0. The molecule has 2 aliphatic carbocycles. The fraction of sp³-hybridized carbons (Fsp3) is 0.117. The molecule has 0 aliphatic heterocycles. The van der Waals surface area contributed by atoms with Gasteiger partial charge in [-0.3, -0.25) is 72.9 Å². The van der Waals surface area contributed by atoms with Crippen LogP contribution < -0.4 is 63.9 Å². The van der Waals surface area contributed by atoms with Gasteiger partial charge >= 0.3 is 0 Å². The number of anilines is 5. The Morgan fingerprint density at radius 2 is 0.649 bits per heavy atom. The molecule has 5 amide bonds. The van der Waals surface area contributed by atoms with Crippen molar-refractivity contribution in [3.05, 3.63) is 432 Å². The third-order valence-corrected chi connectivity index (χ3v) is 21.5. The fourth-order valence-corrected chi connectivity index (χ4v) is 14.5. The molecule has 28 heteroatoms. The molecule has 10 aromatic heterocycles. The molecule has 0 saturated heterocycles. The number of aromatic amines is 5. The average Bonchev–Trinajstić information content (AvgIpc) is 1.63. The Kier molecular flexibility index (Phi) is 30.5. The number of amides is 5. The minimum absolute atomic E-state index is 0.0594. The van der Waals surface area contributed by atoms with Gasteiger partial charge in [-0.05, 0) is 260 Å². The molecule has 16 aromatic rings. The molecule has 10 heterocycles. The van der Waals surface area contributed by atoms with Crippen LogP contribution in [0.25, 0.3) is 55.6 Å². The Morgan fingerprint density at radius 3 is 1.01 bits per heavy atom. The maximum Gasteiger partial charge on any atom is 0.271 e. The third-order valence-electron chi connectivity index (χ3n) is 21.1. The number of H-pyrrole nitrogens is 5. The highest BCUT2D eigenvalue weighted by Gasteiger charge is 2.44. The van der Waals surface area contributed by atoms with E-state index in [9.17, 15) is 47.9 Å². The molecule has 2 aliphatic rings. The highest BCUT2D eigenvalue weighted by Crippen LogP contribution is 2.48. The van der Waals surface area contributed by atoms with Gasteiger partial charge in [0.15, 0.2) is 0 Å². The summed E-state index contributed by atoms with van der Waals surface area (Å²) in [5.74, 6) is 1.21. The monoisotopic (exact) mass is 1760 g/mol. The normalized spacial score (nSPS) is 12.9. The van der Waals surface area contributed by atoms with Gasteiger partial charge in [0, 0.05) is 143 Å². The number of rotatable bonds is 21. The number of hydrogen-bond acceptors (Lipinski definition) is 17. The van der Waals surface area contributed by atoms with Crippen LogP contribution in [-0.2, 0) is 4.79 Å². The lowest BCUT2D eigenvalue weighted by molar-refractivity contribution is -0.117. The molecule has 131 heavy (non-hydrogen) atoms. The number of nitrogens with one attached hydrogen (secondary N) is 10. The number of carbonyl (C=O) groups excluding carboxylic acids is 5. The Bertz CT molecular complexity index is 6920. The van der Waals surface area contributed by atoms with Crippen LogP contribution in [0.1, 0.15) is 117 Å². The predicted octanol–water partition coefficient (Wildman–Crippen LogP) is 19.2. The van der Waals surface area contributed by atoms with Gasteiger partial charge in [0.1, 0.15) is 45.7 Å². The van der Waals surface area contributed by atoms with Crippen LogP contribution in [0, 0.1) is 5.92 Å². The van der Waals surface area contributed by atoms with E-state index in [1.54, 1.807) is 196 Å². The number of pyridine rings is 10. The van der Waals surface area contributed by atoms with Crippen molar-refractivity contribution in [3.63, 3.8) is 0 Å². The summed E-state index contributed by atoms with van der Waals surface area (Å²) in [5.41, 5.74) is 11.9. The van der Waals surface area contributed by atoms with E-state index >= 15 is 0 Å². The van der Waals surface area contributed by atoms with E-state index in [0.29, 0.717) is 50.4 Å². The topological polar surface area (TPSA) is 393 Å². The minimum atomic E-state index is -0.437. The first-order chi connectivity index (χ1) is 63.8. The molecule has 0 bridgehead atoms. The first-order valence-corrected chi connectivity index (χ1v) is 42.4. The summed E-state index contributed by atoms with van der Waals surface area (Å²) >= 11 is 6.00. The highest BCUT2D eigenvalue weighted by molar-refractivity contribution is 6.34. The van der Waals surface area contributed by atoms with Crippen molar-refractivity contribution in [2.24, 2.45) is 5.92 Å². The van der Waals surface area contributed by atoms with Gasteiger partial charge in [-0.1, -0.05) is 104 Å². The van der Waals surface area contributed by atoms with Gasteiger partial charge in [0.2, 0.25) is 5.91 Å². The fourth-order valence-electron chi connectivity index (χ4n) is 14.2. The van der Waals surface area contributed by atoms with Crippen molar-refractivity contribution in [1.29, 1.82) is 0 Å². The largest absolute Gasteiger partial charge is 0.491 e. The lowest BCUT2D eigenvalue weighted by Crippen LogP contribution is -2.21. The molecule has 2 saturated carbocycles. The number of aromatic nitrogens is 10. The average molecular weight is 1760 g/mol. The number of para-hydroxylation sites is 1. The molecule has 2 fully saturated rings. The van der Waals surface area contributed by atoms with Crippen LogP contribution in [0.3, 0.4) is 0 Å². The Hall–Kier alpha value is -16.9. The minimum Gasteiger partial charge on any atom is -0.491 e. The smallest absolute Gasteiger partial charge is 0.271 e. The first-order valence-electron chi connectivity index (χ1n) is 42.0. The summed E-state index contributed by atoms with van der Waals surface area (Å²) in [7, 11) is 0. The maximum atomic E-state index is 12.6. The highest BCUT2D eigenvalue weighted by atomic mass is 35.5. The van der Waals surface area contributed by atoms with Crippen molar-refractivity contribution in [3.8, 4) is 72.9 Å². The quantitative estimate of drug-likeness (QED) is 0.0319. The molecule has 0 radical (unpaired) electrons. The van der Waals surface area contributed by atoms with Gasteiger partial charge in [0.25, 0.3) is 51.4 Å². The summed E-state index contributed by atoms with van der Waals surface area (Å²) in [6.45, 7) is 3.87. The van der Waals surface area contributed by atoms with Crippen LogP contribution >= 0.6 is 11.6 Å². The van der Waals surface area contributed by atoms with E-state index in [1.807, 2.05) is 159 Å². The number of hydrogen-bond donors (Lipinski definition) is 10. The van der Waals surface area contributed by atoms with Crippen LogP contribution in [0.15, 0.2) is 366 Å². The molecule has 0 spiro atoms. The maximum absolute atomic E-state index is 12.6. The van der Waals surface area contributed by atoms with Crippen molar-refractivity contribution in [1.82, 2.24) is 49.8 Å². The van der Waals surface area contributed by atoms with Crippen molar-refractivity contribution in [2.75, 3.05) is 26.6 Å². The molecular formula is C103H88ClN15O12. The zero-order valence-corrected chi connectivity index (χ0v) is 71.7. The number of benzene rings is 6. The number of halogens is 1. The van der Waals surface area contributed by atoms with E-state index in [1.165, 1.54) is 43.2 Å². The second-order valence-electron chi connectivity index (χ2n) is 30.6. The molecule has 27 nitrogen and oxygen atoms in total. The summed E-state index contributed by atoms with van der Waals surface area (Å²) < 4.78 is 11.3. The number of nitrogens with zero attached hydrogens (tertiary/aromatic N) is 5. The van der Waals surface area contributed by atoms with Gasteiger partial charge in [0.05, 0.1) is 16.7 Å².